The van der Waals surface area contributed by atoms with E-state index in [1.807, 2.05) is 13.0 Å². The van der Waals surface area contributed by atoms with Crippen molar-refractivity contribution in [2.45, 2.75) is 6.92 Å². The second-order valence-corrected chi connectivity index (χ2v) is 5.54. The molecule has 3 rings (SSSR count). The van der Waals surface area contributed by atoms with E-state index in [-0.39, 0.29) is 0 Å². The number of hydrogen-bond donors (Lipinski definition) is 1. The number of carbonyl (C=O) groups excluding carboxylic acids is 3. The smallest absolute Gasteiger partial charge is 0.276 e. The topological polar surface area (TPSA) is 78.8 Å². The standard InChI is InChI=1S/C18H14FN3O3/c1-11-3-2-4-14(9-11)22-17(24)15(16(23)21-18(22)25)10-20-13-7-5-12(19)6-8-13/h2-10,15H,1H3,(H,21,23,25)/t15-/m1/s1. The van der Waals surface area contributed by atoms with Crippen molar-refractivity contribution in [3.63, 3.8) is 0 Å². The van der Waals surface area contributed by atoms with Crippen LogP contribution < -0.4 is 10.2 Å². The number of aliphatic imine (C=N–C) groups is 1. The highest BCUT2D eigenvalue weighted by Gasteiger charge is 2.40. The molecule has 0 aliphatic carbocycles. The average Bonchev–Trinajstić information content (AvgIpc) is 2.56. The lowest BCUT2D eigenvalue weighted by atomic mass is 10.1. The summed E-state index contributed by atoms with van der Waals surface area (Å²) in [6, 6.07) is 11.3. The number of rotatable bonds is 3. The number of aryl methyl sites for hydroxylation is 1. The number of hydrogen-bond acceptors (Lipinski definition) is 4. The molecule has 0 radical (unpaired) electrons. The normalized spacial score (nSPS) is 17.9. The number of halogens is 1. The van der Waals surface area contributed by atoms with Crippen LogP contribution in [0, 0.1) is 18.7 Å². The van der Waals surface area contributed by atoms with Gasteiger partial charge in [0.2, 0.25) is 5.91 Å². The number of imide groups is 2. The Balaban J connectivity index is 1.89. The Hall–Kier alpha value is -3.35. The van der Waals surface area contributed by atoms with Gasteiger partial charge in [-0.15, -0.1) is 0 Å². The molecule has 2 aromatic rings. The van der Waals surface area contributed by atoms with Crippen LogP contribution in [0.5, 0.6) is 0 Å². The van der Waals surface area contributed by atoms with Gasteiger partial charge in [-0.1, -0.05) is 12.1 Å². The molecule has 2 aromatic carbocycles. The first-order chi connectivity index (χ1) is 12.0. The Morgan fingerprint density at radius 3 is 2.52 bits per heavy atom. The maximum absolute atomic E-state index is 12.9. The van der Waals surface area contributed by atoms with Gasteiger partial charge in [-0.05, 0) is 48.9 Å². The van der Waals surface area contributed by atoms with E-state index in [0.717, 1.165) is 16.7 Å². The van der Waals surface area contributed by atoms with E-state index >= 15 is 0 Å². The van der Waals surface area contributed by atoms with Crippen LogP contribution >= 0.6 is 0 Å². The molecule has 1 aliphatic rings. The summed E-state index contributed by atoms with van der Waals surface area (Å²) in [5, 5.41) is 2.15. The number of amides is 4. The second-order valence-electron chi connectivity index (χ2n) is 5.54. The summed E-state index contributed by atoms with van der Waals surface area (Å²) in [6.45, 7) is 1.83. The minimum Gasteiger partial charge on any atom is -0.276 e. The maximum atomic E-state index is 12.9. The monoisotopic (exact) mass is 339 g/mol. The average molecular weight is 339 g/mol. The number of benzene rings is 2. The largest absolute Gasteiger partial charge is 0.335 e. The molecule has 1 N–H and O–H groups in total. The number of urea groups is 1. The minimum atomic E-state index is -1.25. The summed E-state index contributed by atoms with van der Waals surface area (Å²) in [5.74, 6) is -3.10. The Morgan fingerprint density at radius 2 is 1.84 bits per heavy atom. The van der Waals surface area contributed by atoms with Crippen molar-refractivity contribution >= 4 is 35.4 Å². The highest BCUT2D eigenvalue weighted by molar-refractivity contribution is 6.32. The fourth-order valence-corrected chi connectivity index (χ4v) is 2.42. The highest BCUT2D eigenvalue weighted by Crippen LogP contribution is 2.22. The zero-order valence-electron chi connectivity index (χ0n) is 13.3. The van der Waals surface area contributed by atoms with Crippen LogP contribution in [0.15, 0.2) is 53.5 Å². The Labute approximate surface area is 143 Å². The molecular weight excluding hydrogens is 325 g/mol. The van der Waals surface area contributed by atoms with Crippen LogP contribution in [0.4, 0.5) is 20.6 Å². The van der Waals surface area contributed by atoms with Crippen molar-refractivity contribution in [1.29, 1.82) is 0 Å². The number of carbonyl (C=O) groups is 3. The third-order valence-electron chi connectivity index (χ3n) is 3.66. The van der Waals surface area contributed by atoms with Crippen LogP contribution in [-0.4, -0.2) is 24.1 Å². The van der Waals surface area contributed by atoms with Crippen molar-refractivity contribution in [2.24, 2.45) is 10.9 Å². The number of nitrogens with one attached hydrogen (secondary N) is 1. The van der Waals surface area contributed by atoms with Gasteiger partial charge in [0.1, 0.15) is 5.82 Å². The van der Waals surface area contributed by atoms with Gasteiger partial charge < -0.3 is 0 Å². The van der Waals surface area contributed by atoms with Gasteiger partial charge >= 0.3 is 6.03 Å². The molecule has 1 saturated heterocycles. The molecule has 0 aromatic heterocycles. The lowest BCUT2D eigenvalue weighted by molar-refractivity contribution is -0.131. The van der Waals surface area contributed by atoms with Gasteiger partial charge in [-0.2, -0.15) is 0 Å². The molecule has 4 amide bonds. The molecule has 0 spiro atoms. The molecule has 0 unspecified atom stereocenters. The Morgan fingerprint density at radius 1 is 1.12 bits per heavy atom. The molecule has 6 nitrogen and oxygen atoms in total. The molecule has 1 heterocycles. The first-order valence-electron chi connectivity index (χ1n) is 7.51. The molecule has 0 bridgehead atoms. The van der Waals surface area contributed by atoms with E-state index in [9.17, 15) is 18.8 Å². The minimum absolute atomic E-state index is 0.371. The molecule has 1 atom stereocenters. The fourth-order valence-electron chi connectivity index (χ4n) is 2.42. The third-order valence-corrected chi connectivity index (χ3v) is 3.66. The van der Waals surface area contributed by atoms with E-state index < -0.39 is 29.6 Å². The highest BCUT2D eigenvalue weighted by atomic mass is 19.1. The fraction of sp³-hybridized carbons (Fsp3) is 0.111. The molecule has 7 heteroatoms. The van der Waals surface area contributed by atoms with Crippen molar-refractivity contribution in [2.75, 3.05) is 4.90 Å². The second kappa shape index (κ2) is 6.64. The Kier molecular flexibility index (Phi) is 4.38. The van der Waals surface area contributed by atoms with Crippen molar-refractivity contribution in [3.05, 3.63) is 59.9 Å². The van der Waals surface area contributed by atoms with E-state index in [4.69, 9.17) is 0 Å². The SMILES string of the molecule is Cc1cccc(N2C(=O)NC(=O)[C@@H](C=Nc3ccc(F)cc3)C2=O)c1. The summed E-state index contributed by atoms with van der Waals surface area (Å²) in [5.41, 5.74) is 1.63. The lowest BCUT2D eigenvalue weighted by Crippen LogP contribution is -2.58. The van der Waals surface area contributed by atoms with Crippen molar-refractivity contribution in [1.82, 2.24) is 5.32 Å². The summed E-state index contributed by atoms with van der Waals surface area (Å²) < 4.78 is 12.9. The van der Waals surface area contributed by atoms with Gasteiger partial charge in [0, 0.05) is 6.21 Å². The quantitative estimate of drug-likeness (QED) is 0.690. The van der Waals surface area contributed by atoms with Crippen LogP contribution in [0.25, 0.3) is 0 Å². The molecule has 25 heavy (non-hydrogen) atoms. The predicted molar refractivity (Wildman–Crippen MR) is 90.2 cm³/mol. The van der Waals surface area contributed by atoms with Crippen molar-refractivity contribution in [3.8, 4) is 0 Å². The van der Waals surface area contributed by atoms with Crippen LogP contribution in [0.2, 0.25) is 0 Å². The van der Waals surface area contributed by atoms with E-state index in [1.165, 1.54) is 24.3 Å². The summed E-state index contributed by atoms with van der Waals surface area (Å²) in [6.07, 6.45) is 1.15. The summed E-state index contributed by atoms with van der Waals surface area (Å²) in [7, 11) is 0. The third kappa shape index (κ3) is 3.45. The van der Waals surface area contributed by atoms with Crippen LogP contribution in [0.1, 0.15) is 5.56 Å². The maximum Gasteiger partial charge on any atom is 0.335 e. The van der Waals surface area contributed by atoms with Gasteiger partial charge in [-0.3, -0.25) is 19.9 Å². The predicted octanol–water partition coefficient (Wildman–Crippen LogP) is 2.74. The zero-order valence-corrected chi connectivity index (χ0v) is 13.3. The van der Waals surface area contributed by atoms with Gasteiger partial charge in [-0.25, -0.2) is 14.1 Å². The van der Waals surface area contributed by atoms with Crippen LogP contribution in [0.3, 0.4) is 0 Å². The molecule has 1 aliphatic heterocycles. The molecule has 126 valence electrons. The van der Waals surface area contributed by atoms with Gasteiger partial charge in [0.05, 0.1) is 11.4 Å². The van der Waals surface area contributed by atoms with Crippen molar-refractivity contribution < 1.29 is 18.8 Å². The number of nitrogens with zero attached hydrogens (tertiary/aromatic N) is 2. The first kappa shape index (κ1) is 16.5. The number of barbiturate groups is 1. The zero-order chi connectivity index (χ0) is 18.0. The molecule has 1 fully saturated rings. The Bertz CT molecular complexity index is 877. The van der Waals surface area contributed by atoms with E-state index in [0.29, 0.717) is 11.4 Å². The summed E-state index contributed by atoms with van der Waals surface area (Å²) >= 11 is 0. The first-order valence-corrected chi connectivity index (χ1v) is 7.51. The molecule has 0 saturated carbocycles. The van der Waals surface area contributed by atoms with E-state index in [2.05, 4.69) is 10.3 Å². The van der Waals surface area contributed by atoms with Gasteiger partial charge in [0.25, 0.3) is 5.91 Å². The van der Waals surface area contributed by atoms with Crippen LogP contribution in [-0.2, 0) is 9.59 Å². The summed E-state index contributed by atoms with van der Waals surface area (Å²) in [4.78, 5) is 41.6. The van der Waals surface area contributed by atoms with E-state index in [1.54, 1.807) is 18.2 Å². The molecular formula is C18H14FN3O3. The van der Waals surface area contributed by atoms with Gasteiger partial charge in [0.15, 0.2) is 5.92 Å². The lowest BCUT2D eigenvalue weighted by Gasteiger charge is -2.28. The number of anilines is 1.